The lowest BCUT2D eigenvalue weighted by molar-refractivity contribution is 0.617. The van der Waals surface area contributed by atoms with Crippen molar-refractivity contribution >= 4 is 10.9 Å². The highest BCUT2D eigenvalue weighted by Gasteiger charge is 2.14. The van der Waals surface area contributed by atoms with E-state index in [1.165, 1.54) is 12.1 Å². The molecule has 4 rings (SSSR count). The van der Waals surface area contributed by atoms with Crippen molar-refractivity contribution in [1.29, 1.82) is 0 Å². The summed E-state index contributed by atoms with van der Waals surface area (Å²) in [5, 5.41) is 0.845. The van der Waals surface area contributed by atoms with Crippen LogP contribution in [-0.4, -0.2) is 9.55 Å². The van der Waals surface area contributed by atoms with Crippen LogP contribution in [0.15, 0.2) is 67.1 Å². The Labute approximate surface area is 138 Å². The average Bonchev–Trinajstić information content (AvgIpc) is 2.98. The molecule has 2 aromatic carbocycles. The summed E-state index contributed by atoms with van der Waals surface area (Å²) in [6.45, 7) is 1.98. The number of hydrogen-bond donors (Lipinski definition) is 0. The number of rotatable bonds is 2. The third-order valence-corrected chi connectivity index (χ3v) is 4.21. The minimum atomic E-state index is -0.450. The first-order valence-corrected chi connectivity index (χ1v) is 7.61. The third kappa shape index (κ3) is 2.27. The van der Waals surface area contributed by atoms with E-state index in [1.807, 2.05) is 29.8 Å². The topological polar surface area (TPSA) is 17.8 Å². The van der Waals surface area contributed by atoms with Crippen molar-refractivity contribution in [1.82, 2.24) is 9.55 Å². The van der Waals surface area contributed by atoms with Crippen LogP contribution in [0.1, 0.15) is 5.56 Å². The van der Waals surface area contributed by atoms with E-state index in [0.29, 0.717) is 0 Å². The highest BCUT2D eigenvalue weighted by Crippen LogP contribution is 2.31. The fraction of sp³-hybridized carbons (Fsp3) is 0.0500. The Hall–Kier alpha value is -3.01. The smallest absolute Gasteiger partial charge is 0.133 e. The molecular formula is C20H14F2N2. The van der Waals surface area contributed by atoms with Crippen LogP contribution in [0.3, 0.4) is 0 Å². The summed E-state index contributed by atoms with van der Waals surface area (Å²) in [4.78, 5) is 4.14. The van der Waals surface area contributed by atoms with E-state index in [9.17, 15) is 8.78 Å². The molecule has 24 heavy (non-hydrogen) atoms. The number of fused-ring (bicyclic) bond motifs is 1. The van der Waals surface area contributed by atoms with E-state index in [4.69, 9.17) is 0 Å². The van der Waals surface area contributed by atoms with Crippen LogP contribution in [0.2, 0.25) is 0 Å². The van der Waals surface area contributed by atoms with E-state index in [-0.39, 0.29) is 11.1 Å². The molecule has 4 heteroatoms. The van der Waals surface area contributed by atoms with Crippen LogP contribution in [0, 0.1) is 18.6 Å². The van der Waals surface area contributed by atoms with Crippen molar-refractivity contribution in [2.24, 2.45) is 0 Å². The summed E-state index contributed by atoms with van der Waals surface area (Å²) in [5.41, 5.74) is 3.19. The number of halogens is 2. The molecule has 0 aliphatic carbocycles. The average molecular weight is 320 g/mol. The van der Waals surface area contributed by atoms with Gasteiger partial charge in [-0.2, -0.15) is 0 Å². The monoisotopic (exact) mass is 320 g/mol. The Bertz CT molecular complexity index is 1050. The number of hydrogen-bond acceptors (Lipinski definition) is 1. The van der Waals surface area contributed by atoms with Crippen molar-refractivity contribution in [3.05, 3.63) is 84.3 Å². The van der Waals surface area contributed by atoms with Crippen LogP contribution in [0.25, 0.3) is 27.7 Å². The van der Waals surface area contributed by atoms with Crippen molar-refractivity contribution < 1.29 is 8.78 Å². The SMILES string of the molecule is Cc1ccncc1-n1ccc2cc(-c3ccccc3F)c(F)cc21. The molecule has 0 saturated heterocycles. The van der Waals surface area contributed by atoms with Gasteiger partial charge >= 0.3 is 0 Å². The lowest BCUT2D eigenvalue weighted by atomic mass is 10.0. The van der Waals surface area contributed by atoms with Crippen molar-refractivity contribution in [3.8, 4) is 16.8 Å². The van der Waals surface area contributed by atoms with E-state index in [2.05, 4.69) is 4.98 Å². The quantitative estimate of drug-likeness (QED) is 0.491. The maximum Gasteiger partial charge on any atom is 0.133 e. The summed E-state index contributed by atoms with van der Waals surface area (Å²) in [5.74, 6) is -0.882. The predicted octanol–water partition coefficient (Wildman–Crippen LogP) is 5.28. The molecule has 2 nitrogen and oxygen atoms in total. The molecule has 0 bridgehead atoms. The molecule has 0 atom stereocenters. The number of nitrogens with zero attached hydrogens (tertiary/aromatic N) is 2. The van der Waals surface area contributed by atoms with Gasteiger partial charge in [0.25, 0.3) is 0 Å². The van der Waals surface area contributed by atoms with Gasteiger partial charge in [0.05, 0.1) is 17.4 Å². The molecule has 0 aliphatic rings. The summed E-state index contributed by atoms with van der Waals surface area (Å²) in [7, 11) is 0. The van der Waals surface area contributed by atoms with Crippen LogP contribution in [0.5, 0.6) is 0 Å². The van der Waals surface area contributed by atoms with Gasteiger partial charge in [-0.3, -0.25) is 4.98 Å². The van der Waals surface area contributed by atoms with Gasteiger partial charge in [-0.25, -0.2) is 8.78 Å². The maximum absolute atomic E-state index is 14.7. The van der Waals surface area contributed by atoms with Gasteiger partial charge < -0.3 is 4.57 Å². The van der Waals surface area contributed by atoms with E-state index in [0.717, 1.165) is 22.2 Å². The summed E-state index contributed by atoms with van der Waals surface area (Å²) >= 11 is 0. The second-order valence-electron chi connectivity index (χ2n) is 5.72. The van der Waals surface area contributed by atoms with Crippen LogP contribution >= 0.6 is 0 Å². The number of pyridine rings is 1. The van der Waals surface area contributed by atoms with E-state index in [1.54, 1.807) is 36.7 Å². The molecular weight excluding hydrogens is 306 g/mol. The highest BCUT2D eigenvalue weighted by molar-refractivity contribution is 5.87. The first-order chi connectivity index (χ1) is 11.6. The zero-order chi connectivity index (χ0) is 16.7. The first-order valence-electron chi connectivity index (χ1n) is 7.61. The van der Waals surface area contributed by atoms with Crippen molar-refractivity contribution in [2.45, 2.75) is 6.92 Å². The Balaban J connectivity index is 1.94. The highest BCUT2D eigenvalue weighted by atomic mass is 19.1. The van der Waals surface area contributed by atoms with Gasteiger partial charge in [-0.15, -0.1) is 0 Å². The Morgan fingerprint density at radius 3 is 2.54 bits per heavy atom. The number of aromatic nitrogens is 2. The number of benzene rings is 2. The maximum atomic E-state index is 14.7. The Morgan fingerprint density at radius 1 is 0.917 bits per heavy atom. The standard InChI is InChI=1S/C20H14F2N2/c1-13-6-8-23-12-20(13)24-9-7-14-10-16(18(22)11-19(14)24)15-4-2-3-5-17(15)21/h2-12H,1H3. The molecule has 0 radical (unpaired) electrons. The molecule has 118 valence electrons. The molecule has 0 saturated carbocycles. The van der Waals surface area contributed by atoms with E-state index >= 15 is 0 Å². The fourth-order valence-corrected chi connectivity index (χ4v) is 2.96. The van der Waals surface area contributed by atoms with Gasteiger partial charge in [0.2, 0.25) is 0 Å². The van der Waals surface area contributed by atoms with Crippen molar-refractivity contribution in [2.75, 3.05) is 0 Å². The zero-order valence-corrected chi connectivity index (χ0v) is 13.0. The van der Waals surface area contributed by atoms with Gasteiger partial charge in [0.1, 0.15) is 11.6 Å². The molecule has 0 unspecified atom stereocenters. The lowest BCUT2D eigenvalue weighted by Gasteiger charge is -2.10. The number of aryl methyl sites for hydroxylation is 1. The fourth-order valence-electron chi connectivity index (χ4n) is 2.96. The second-order valence-corrected chi connectivity index (χ2v) is 5.72. The minimum absolute atomic E-state index is 0.265. The Kier molecular flexibility index (Phi) is 3.38. The predicted molar refractivity (Wildman–Crippen MR) is 91.2 cm³/mol. The molecule has 0 aliphatic heterocycles. The summed E-state index contributed by atoms with van der Waals surface area (Å²) in [6, 6.07) is 13.2. The molecule has 0 N–H and O–H groups in total. The third-order valence-electron chi connectivity index (χ3n) is 4.21. The second kappa shape index (κ2) is 5.57. The Morgan fingerprint density at radius 2 is 1.75 bits per heavy atom. The molecule has 0 spiro atoms. The lowest BCUT2D eigenvalue weighted by Crippen LogP contribution is -1.97. The molecule has 0 fully saturated rings. The van der Waals surface area contributed by atoms with Crippen LogP contribution in [0.4, 0.5) is 8.78 Å². The molecule has 4 aromatic rings. The summed E-state index contributed by atoms with van der Waals surface area (Å²) < 4.78 is 30.6. The largest absolute Gasteiger partial charge is 0.315 e. The van der Waals surface area contributed by atoms with Gasteiger partial charge in [0, 0.05) is 28.9 Å². The van der Waals surface area contributed by atoms with Crippen LogP contribution in [-0.2, 0) is 0 Å². The van der Waals surface area contributed by atoms with Crippen molar-refractivity contribution in [3.63, 3.8) is 0 Å². The minimum Gasteiger partial charge on any atom is -0.315 e. The molecule has 2 heterocycles. The first kappa shape index (κ1) is 14.6. The zero-order valence-electron chi connectivity index (χ0n) is 13.0. The molecule has 0 amide bonds. The summed E-state index contributed by atoms with van der Waals surface area (Å²) in [6.07, 6.45) is 5.35. The van der Waals surface area contributed by atoms with Gasteiger partial charge in [-0.1, -0.05) is 18.2 Å². The normalized spacial score (nSPS) is 11.1. The van der Waals surface area contributed by atoms with Gasteiger partial charge in [-0.05, 0) is 42.8 Å². The van der Waals surface area contributed by atoms with Crippen LogP contribution < -0.4 is 0 Å². The van der Waals surface area contributed by atoms with Gasteiger partial charge in [0.15, 0.2) is 0 Å². The van der Waals surface area contributed by atoms with E-state index < -0.39 is 11.6 Å². The molecule has 2 aromatic heterocycles.